The van der Waals surface area contributed by atoms with E-state index in [1.165, 1.54) is 6.07 Å². The van der Waals surface area contributed by atoms with Crippen molar-refractivity contribution in [3.05, 3.63) is 35.6 Å². The molecule has 1 heterocycles. The van der Waals surface area contributed by atoms with Crippen LogP contribution in [0.5, 0.6) is 0 Å². The van der Waals surface area contributed by atoms with E-state index in [0.717, 1.165) is 18.6 Å². The van der Waals surface area contributed by atoms with Crippen LogP contribution in [0.1, 0.15) is 25.3 Å². The summed E-state index contributed by atoms with van der Waals surface area (Å²) in [6, 6.07) is 6.69. The fourth-order valence-corrected chi connectivity index (χ4v) is 3.47. The summed E-state index contributed by atoms with van der Waals surface area (Å²) in [6.45, 7) is 2.08. The topological polar surface area (TPSA) is 20.2 Å². The monoisotopic (exact) mass is 240 g/mol. The molecule has 88 valence electrons. The van der Waals surface area contributed by atoms with Gasteiger partial charge < -0.3 is 5.11 Å². The Morgan fingerprint density at radius 2 is 2.25 bits per heavy atom. The number of hydrogen-bond acceptors (Lipinski definition) is 2. The lowest BCUT2D eigenvalue weighted by molar-refractivity contribution is 0.132. The first-order chi connectivity index (χ1) is 7.62. The largest absolute Gasteiger partial charge is 0.391 e. The van der Waals surface area contributed by atoms with Crippen LogP contribution in [-0.4, -0.2) is 21.7 Å². The van der Waals surface area contributed by atoms with Crippen molar-refractivity contribution in [2.24, 2.45) is 0 Å². The molecule has 1 fully saturated rings. The first kappa shape index (κ1) is 11.9. The molecule has 1 nitrogen and oxygen atoms in total. The van der Waals surface area contributed by atoms with E-state index in [1.807, 2.05) is 6.07 Å². The van der Waals surface area contributed by atoms with Gasteiger partial charge in [0.1, 0.15) is 5.82 Å². The molecule has 1 aliphatic heterocycles. The zero-order chi connectivity index (χ0) is 11.6. The average molecular weight is 240 g/mol. The molecule has 1 N–H and O–H groups in total. The van der Waals surface area contributed by atoms with Crippen molar-refractivity contribution >= 4 is 11.8 Å². The molecular weight excluding hydrogens is 223 g/mol. The molecule has 2 unspecified atom stereocenters. The normalized spacial score (nSPS) is 26.9. The lowest BCUT2D eigenvalue weighted by atomic mass is 9.93. The highest BCUT2D eigenvalue weighted by Crippen LogP contribution is 2.41. The molecule has 0 saturated carbocycles. The Bertz CT molecular complexity index is 361. The van der Waals surface area contributed by atoms with Crippen molar-refractivity contribution in [1.29, 1.82) is 0 Å². The third-order valence-corrected chi connectivity index (χ3v) is 4.95. The molecule has 1 aliphatic rings. The van der Waals surface area contributed by atoms with Gasteiger partial charge in [-0.2, -0.15) is 11.8 Å². The second-order valence-electron chi connectivity index (χ2n) is 4.58. The van der Waals surface area contributed by atoms with Gasteiger partial charge in [-0.3, -0.25) is 0 Å². The predicted octanol–water partition coefficient (Wildman–Crippen LogP) is 3.01. The van der Waals surface area contributed by atoms with E-state index in [0.29, 0.717) is 12.0 Å². The minimum atomic E-state index is -0.461. The van der Waals surface area contributed by atoms with Crippen molar-refractivity contribution in [2.75, 3.05) is 5.75 Å². The van der Waals surface area contributed by atoms with Crippen LogP contribution in [0.25, 0.3) is 0 Å². The summed E-state index contributed by atoms with van der Waals surface area (Å²) in [5.41, 5.74) is 0.615. The van der Waals surface area contributed by atoms with Crippen molar-refractivity contribution in [3.63, 3.8) is 0 Å². The third kappa shape index (κ3) is 2.41. The number of aliphatic hydroxyl groups excluding tert-OH is 1. The molecule has 1 aromatic rings. The number of thioether (sulfide) groups is 1. The molecule has 0 amide bonds. The van der Waals surface area contributed by atoms with Crippen LogP contribution in [0.2, 0.25) is 0 Å². The predicted molar refractivity (Wildman–Crippen MR) is 66.2 cm³/mol. The third-order valence-electron chi connectivity index (χ3n) is 3.33. The van der Waals surface area contributed by atoms with Gasteiger partial charge >= 0.3 is 0 Å². The lowest BCUT2D eigenvalue weighted by Crippen LogP contribution is -2.35. The molecule has 0 bridgehead atoms. The standard InChI is InChI=1S/C13H17FOS/c1-13(7-4-8-16-13)12(15)9-10-5-2-3-6-11(10)14/h2-3,5-6,12,15H,4,7-9H2,1H3. The Morgan fingerprint density at radius 1 is 1.50 bits per heavy atom. The summed E-state index contributed by atoms with van der Waals surface area (Å²) in [5.74, 6) is 0.887. The fourth-order valence-electron chi connectivity index (χ4n) is 2.15. The number of rotatable bonds is 3. The first-order valence-corrected chi connectivity index (χ1v) is 6.66. The zero-order valence-electron chi connectivity index (χ0n) is 9.45. The van der Waals surface area contributed by atoms with Gasteiger partial charge in [0.25, 0.3) is 0 Å². The highest BCUT2D eigenvalue weighted by molar-refractivity contribution is 8.00. The second kappa shape index (κ2) is 4.76. The summed E-state index contributed by atoms with van der Waals surface area (Å²) >= 11 is 1.81. The van der Waals surface area contributed by atoms with Gasteiger partial charge in [-0.05, 0) is 37.1 Å². The maximum absolute atomic E-state index is 13.4. The average Bonchev–Trinajstić information content (AvgIpc) is 2.70. The van der Waals surface area contributed by atoms with E-state index in [1.54, 1.807) is 23.9 Å². The number of halogens is 1. The van der Waals surface area contributed by atoms with Crippen LogP contribution in [0, 0.1) is 5.82 Å². The summed E-state index contributed by atoms with van der Waals surface area (Å²) in [7, 11) is 0. The maximum atomic E-state index is 13.4. The van der Waals surface area contributed by atoms with Gasteiger partial charge in [0.2, 0.25) is 0 Å². The molecule has 1 saturated heterocycles. The Kier molecular flexibility index (Phi) is 3.55. The minimum Gasteiger partial charge on any atom is -0.391 e. The number of hydrogen-bond donors (Lipinski definition) is 1. The zero-order valence-corrected chi connectivity index (χ0v) is 10.3. The Balaban J connectivity index is 2.07. The van der Waals surface area contributed by atoms with E-state index in [2.05, 4.69) is 6.92 Å². The van der Waals surface area contributed by atoms with Crippen molar-refractivity contribution in [2.45, 2.75) is 37.0 Å². The van der Waals surface area contributed by atoms with Gasteiger partial charge in [0.05, 0.1) is 6.10 Å². The van der Waals surface area contributed by atoms with Crippen LogP contribution in [0.4, 0.5) is 4.39 Å². The van der Waals surface area contributed by atoms with E-state index >= 15 is 0 Å². The lowest BCUT2D eigenvalue weighted by Gasteiger charge is -2.29. The van der Waals surface area contributed by atoms with E-state index in [9.17, 15) is 9.50 Å². The van der Waals surface area contributed by atoms with Crippen molar-refractivity contribution < 1.29 is 9.50 Å². The molecule has 0 radical (unpaired) electrons. The quantitative estimate of drug-likeness (QED) is 0.876. The molecule has 16 heavy (non-hydrogen) atoms. The van der Waals surface area contributed by atoms with E-state index < -0.39 is 6.10 Å². The number of benzene rings is 1. The molecular formula is C13H17FOS. The minimum absolute atomic E-state index is 0.0950. The smallest absolute Gasteiger partial charge is 0.126 e. The van der Waals surface area contributed by atoms with Crippen LogP contribution in [0.15, 0.2) is 24.3 Å². The van der Waals surface area contributed by atoms with Crippen LogP contribution in [-0.2, 0) is 6.42 Å². The first-order valence-electron chi connectivity index (χ1n) is 5.67. The molecule has 2 rings (SSSR count). The van der Waals surface area contributed by atoms with Gasteiger partial charge in [-0.15, -0.1) is 0 Å². The molecule has 0 spiro atoms. The SMILES string of the molecule is CC1(C(O)Cc2ccccc2F)CCCS1. The highest BCUT2D eigenvalue weighted by Gasteiger charge is 2.36. The van der Waals surface area contributed by atoms with Crippen LogP contribution in [0.3, 0.4) is 0 Å². The maximum Gasteiger partial charge on any atom is 0.126 e. The van der Waals surface area contributed by atoms with Crippen LogP contribution < -0.4 is 0 Å². The number of aliphatic hydroxyl groups is 1. The molecule has 2 atom stereocenters. The summed E-state index contributed by atoms with van der Waals surface area (Å²) in [6.07, 6.45) is 2.12. The molecule has 0 aromatic heterocycles. The van der Waals surface area contributed by atoms with Gasteiger partial charge in [0.15, 0.2) is 0 Å². The van der Waals surface area contributed by atoms with E-state index in [-0.39, 0.29) is 10.6 Å². The molecule has 1 aromatic carbocycles. The van der Waals surface area contributed by atoms with Crippen LogP contribution >= 0.6 is 11.8 Å². The van der Waals surface area contributed by atoms with Crippen molar-refractivity contribution in [1.82, 2.24) is 0 Å². The Morgan fingerprint density at radius 3 is 2.88 bits per heavy atom. The molecule has 0 aliphatic carbocycles. The summed E-state index contributed by atoms with van der Waals surface area (Å²) < 4.78 is 13.3. The second-order valence-corrected chi connectivity index (χ2v) is 6.21. The molecule has 3 heteroatoms. The summed E-state index contributed by atoms with van der Waals surface area (Å²) in [4.78, 5) is 0. The Hall–Kier alpha value is -0.540. The van der Waals surface area contributed by atoms with Gasteiger partial charge in [-0.1, -0.05) is 18.2 Å². The van der Waals surface area contributed by atoms with Gasteiger partial charge in [0, 0.05) is 11.2 Å². The van der Waals surface area contributed by atoms with Gasteiger partial charge in [-0.25, -0.2) is 4.39 Å². The van der Waals surface area contributed by atoms with E-state index in [4.69, 9.17) is 0 Å². The highest BCUT2D eigenvalue weighted by atomic mass is 32.2. The fraction of sp³-hybridized carbons (Fsp3) is 0.538. The summed E-state index contributed by atoms with van der Waals surface area (Å²) in [5, 5.41) is 10.2. The Labute approximate surface area is 100 Å². The van der Waals surface area contributed by atoms with Crippen molar-refractivity contribution in [3.8, 4) is 0 Å².